The van der Waals surface area contributed by atoms with Gasteiger partial charge in [-0.3, -0.25) is 0 Å². The Kier molecular flexibility index (Phi) is 5.63. The van der Waals surface area contributed by atoms with E-state index in [-0.39, 0.29) is 22.7 Å². The Morgan fingerprint density at radius 3 is 2.39 bits per heavy atom. The van der Waals surface area contributed by atoms with Crippen molar-refractivity contribution in [2.24, 2.45) is 5.92 Å². The van der Waals surface area contributed by atoms with Crippen LogP contribution in [0.4, 0.5) is 0 Å². The summed E-state index contributed by atoms with van der Waals surface area (Å²) in [6.07, 6.45) is 0.764. The van der Waals surface area contributed by atoms with Gasteiger partial charge in [0.25, 0.3) is 0 Å². The molecular weight excluding hydrogens is 270 g/mol. The van der Waals surface area contributed by atoms with E-state index in [1.807, 2.05) is 20.8 Å². The van der Waals surface area contributed by atoms with Crippen molar-refractivity contribution in [1.82, 2.24) is 4.72 Å². The van der Waals surface area contributed by atoms with Crippen LogP contribution >= 0.6 is 11.6 Å². The Bertz CT molecular complexity index is 486. The van der Waals surface area contributed by atoms with Gasteiger partial charge >= 0.3 is 0 Å². The number of benzene rings is 1. The molecule has 0 saturated carbocycles. The second kappa shape index (κ2) is 6.55. The molecule has 5 heteroatoms. The predicted octanol–water partition coefficient (Wildman–Crippen LogP) is 3.14. The summed E-state index contributed by atoms with van der Waals surface area (Å²) in [6.45, 7) is 5.98. The Hall–Kier alpha value is -0.580. The van der Waals surface area contributed by atoms with Gasteiger partial charge in [0.1, 0.15) is 0 Å². The van der Waals surface area contributed by atoms with Crippen molar-refractivity contribution in [3.05, 3.63) is 29.8 Å². The van der Waals surface area contributed by atoms with Crippen molar-refractivity contribution in [2.75, 3.05) is 0 Å². The summed E-state index contributed by atoms with van der Waals surface area (Å²) in [7, 11) is -3.49. The Morgan fingerprint density at radius 1 is 1.28 bits per heavy atom. The third-order valence-corrected chi connectivity index (χ3v) is 4.84. The van der Waals surface area contributed by atoms with Gasteiger partial charge in [-0.1, -0.05) is 39.0 Å². The van der Waals surface area contributed by atoms with Crippen molar-refractivity contribution >= 4 is 21.6 Å². The van der Waals surface area contributed by atoms with E-state index in [4.69, 9.17) is 11.6 Å². The minimum absolute atomic E-state index is 0.0571. The molecule has 0 heterocycles. The van der Waals surface area contributed by atoms with E-state index in [1.54, 1.807) is 24.3 Å². The van der Waals surface area contributed by atoms with Crippen LogP contribution in [0.1, 0.15) is 32.8 Å². The van der Waals surface area contributed by atoms with Gasteiger partial charge in [-0.15, -0.1) is 11.6 Å². The van der Waals surface area contributed by atoms with E-state index in [0.29, 0.717) is 5.56 Å². The zero-order valence-corrected chi connectivity index (χ0v) is 12.6. The lowest BCUT2D eigenvalue weighted by atomic mass is 10.0. The quantitative estimate of drug-likeness (QED) is 0.818. The Balaban J connectivity index is 3.06. The molecule has 0 fully saturated rings. The molecule has 1 aromatic rings. The summed E-state index contributed by atoms with van der Waals surface area (Å²) < 4.78 is 27.4. The minimum Gasteiger partial charge on any atom is -0.208 e. The van der Waals surface area contributed by atoms with Gasteiger partial charge in [0.05, 0.1) is 4.90 Å². The first-order valence-electron chi connectivity index (χ1n) is 6.08. The molecular formula is C13H20ClNO2S. The van der Waals surface area contributed by atoms with Crippen LogP contribution in [-0.4, -0.2) is 14.5 Å². The summed E-state index contributed by atoms with van der Waals surface area (Å²) in [4.78, 5) is 0.277. The molecule has 0 bridgehead atoms. The Labute approximate surface area is 115 Å². The molecule has 0 aliphatic carbocycles. The van der Waals surface area contributed by atoms with Gasteiger partial charge in [0.2, 0.25) is 10.0 Å². The molecule has 0 amide bonds. The normalized spacial score (nSPS) is 13.8. The van der Waals surface area contributed by atoms with Gasteiger partial charge < -0.3 is 0 Å². The van der Waals surface area contributed by atoms with Crippen molar-refractivity contribution in [1.29, 1.82) is 0 Å². The highest BCUT2D eigenvalue weighted by Gasteiger charge is 2.22. The molecule has 0 spiro atoms. The number of sulfonamides is 1. The van der Waals surface area contributed by atoms with Crippen LogP contribution in [0.3, 0.4) is 0 Å². The van der Waals surface area contributed by atoms with Crippen LogP contribution < -0.4 is 4.72 Å². The second-order valence-corrected chi connectivity index (χ2v) is 6.57. The molecule has 1 unspecified atom stereocenters. The molecule has 0 aromatic heterocycles. The lowest BCUT2D eigenvalue weighted by molar-refractivity contribution is 0.437. The largest absolute Gasteiger partial charge is 0.241 e. The average molecular weight is 290 g/mol. The molecule has 0 aliphatic heterocycles. The van der Waals surface area contributed by atoms with E-state index < -0.39 is 10.0 Å². The van der Waals surface area contributed by atoms with E-state index in [0.717, 1.165) is 6.42 Å². The van der Waals surface area contributed by atoms with Crippen LogP contribution in [0.25, 0.3) is 0 Å². The molecule has 0 aliphatic rings. The molecule has 18 heavy (non-hydrogen) atoms. The number of halogens is 1. The number of nitrogens with one attached hydrogen (secondary N) is 1. The van der Waals surface area contributed by atoms with Gasteiger partial charge in [-0.25, -0.2) is 13.1 Å². The number of hydrogen-bond donors (Lipinski definition) is 1. The summed E-state index contributed by atoms with van der Waals surface area (Å²) in [6, 6.07) is 6.76. The maximum absolute atomic E-state index is 12.3. The summed E-state index contributed by atoms with van der Waals surface area (Å²) in [5, 5.41) is 0. The fraction of sp³-hybridized carbons (Fsp3) is 0.538. The van der Waals surface area contributed by atoms with Gasteiger partial charge in [0.15, 0.2) is 0 Å². The molecule has 3 nitrogen and oxygen atoms in total. The van der Waals surface area contributed by atoms with E-state index >= 15 is 0 Å². The highest BCUT2D eigenvalue weighted by atomic mass is 35.5. The monoisotopic (exact) mass is 289 g/mol. The predicted molar refractivity (Wildman–Crippen MR) is 75.2 cm³/mol. The van der Waals surface area contributed by atoms with Crippen LogP contribution in [0, 0.1) is 5.92 Å². The summed E-state index contributed by atoms with van der Waals surface area (Å²) in [5.74, 6) is 0.447. The van der Waals surface area contributed by atoms with Crippen molar-refractivity contribution in [3.8, 4) is 0 Å². The SMILES string of the molecule is CCC(NS(=O)(=O)c1ccccc1CCl)C(C)C. The van der Waals surface area contributed by atoms with Gasteiger partial charge in [-0.05, 0) is 24.0 Å². The third-order valence-electron chi connectivity index (χ3n) is 2.96. The van der Waals surface area contributed by atoms with Crippen molar-refractivity contribution in [2.45, 2.75) is 44.0 Å². The molecule has 1 atom stereocenters. The highest BCUT2D eigenvalue weighted by molar-refractivity contribution is 7.89. The first-order chi connectivity index (χ1) is 8.42. The lowest BCUT2D eigenvalue weighted by Gasteiger charge is -2.21. The minimum atomic E-state index is -3.49. The topological polar surface area (TPSA) is 46.2 Å². The van der Waals surface area contributed by atoms with Crippen LogP contribution in [-0.2, 0) is 15.9 Å². The zero-order valence-electron chi connectivity index (χ0n) is 11.0. The maximum atomic E-state index is 12.3. The highest BCUT2D eigenvalue weighted by Crippen LogP contribution is 2.19. The van der Waals surface area contributed by atoms with E-state index in [1.165, 1.54) is 0 Å². The summed E-state index contributed by atoms with van der Waals surface area (Å²) >= 11 is 5.78. The molecule has 0 saturated heterocycles. The number of alkyl halides is 1. The fourth-order valence-corrected chi connectivity index (χ4v) is 3.85. The standard InChI is InChI=1S/C13H20ClNO2S/c1-4-12(10(2)3)15-18(16,17)13-8-6-5-7-11(13)9-14/h5-8,10,12,15H,4,9H2,1-3H3. The smallest absolute Gasteiger partial charge is 0.208 e. The molecule has 1 N–H and O–H groups in total. The second-order valence-electron chi connectivity index (χ2n) is 4.62. The molecule has 1 rings (SSSR count). The van der Waals surface area contributed by atoms with E-state index in [9.17, 15) is 8.42 Å². The van der Waals surface area contributed by atoms with Crippen LogP contribution in [0.5, 0.6) is 0 Å². The first kappa shape index (κ1) is 15.5. The van der Waals surface area contributed by atoms with Crippen LogP contribution in [0.2, 0.25) is 0 Å². The van der Waals surface area contributed by atoms with Crippen molar-refractivity contribution < 1.29 is 8.42 Å². The maximum Gasteiger partial charge on any atom is 0.241 e. The number of hydrogen-bond acceptors (Lipinski definition) is 2. The molecule has 1 aromatic carbocycles. The number of rotatable bonds is 6. The third kappa shape index (κ3) is 3.70. The first-order valence-corrected chi connectivity index (χ1v) is 8.10. The average Bonchev–Trinajstić information content (AvgIpc) is 2.35. The zero-order chi connectivity index (χ0) is 13.8. The fourth-order valence-electron chi connectivity index (χ4n) is 1.83. The lowest BCUT2D eigenvalue weighted by Crippen LogP contribution is -2.38. The van der Waals surface area contributed by atoms with Gasteiger partial charge in [0, 0.05) is 11.9 Å². The molecule has 0 radical (unpaired) electrons. The van der Waals surface area contributed by atoms with Gasteiger partial charge in [-0.2, -0.15) is 0 Å². The molecule has 102 valence electrons. The van der Waals surface area contributed by atoms with Crippen molar-refractivity contribution in [3.63, 3.8) is 0 Å². The Morgan fingerprint density at radius 2 is 1.89 bits per heavy atom. The summed E-state index contributed by atoms with van der Waals surface area (Å²) in [5.41, 5.74) is 0.630. The van der Waals surface area contributed by atoms with Crippen LogP contribution in [0.15, 0.2) is 29.2 Å². The van der Waals surface area contributed by atoms with E-state index in [2.05, 4.69) is 4.72 Å².